The van der Waals surface area contributed by atoms with E-state index in [4.69, 9.17) is 5.11 Å². The average molecular weight is 223 g/mol. The standard InChI is InChI=1S/C13H21NO2/c15-4-2-9-1-3-14(8-9)13(16)12-6-10-5-11(10)7-12/h9-12,15H,1-8H2. The highest BCUT2D eigenvalue weighted by atomic mass is 16.3. The van der Waals surface area contributed by atoms with Crippen molar-refractivity contribution in [3.8, 4) is 0 Å². The van der Waals surface area contributed by atoms with Crippen molar-refractivity contribution in [3.63, 3.8) is 0 Å². The van der Waals surface area contributed by atoms with E-state index in [1.54, 1.807) is 0 Å². The highest BCUT2D eigenvalue weighted by Gasteiger charge is 2.49. The third kappa shape index (κ3) is 1.86. The fourth-order valence-electron chi connectivity index (χ4n) is 3.63. The predicted molar refractivity (Wildman–Crippen MR) is 60.7 cm³/mol. The summed E-state index contributed by atoms with van der Waals surface area (Å²) in [5, 5.41) is 8.90. The molecule has 3 aliphatic rings. The lowest BCUT2D eigenvalue weighted by Crippen LogP contribution is -2.34. The Hall–Kier alpha value is -0.570. The van der Waals surface area contributed by atoms with Crippen molar-refractivity contribution in [2.75, 3.05) is 19.7 Å². The van der Waals surface area contributed by atoms with E-state index < -0.39 is 0 Å². The number of amides is 1. The summed E-state index contributed by atoms with van der Waals surface area (Å²) in [7, 11) is 0. The quantitative estimate of drug-likeness (QED) is 0.782. The molecule has 3 heteroatoms. The smallest absolute Gasteiger partial charge is 0.225 e. The molecule has 1 N–H and O–H groups in total. The van der Waals surface area contributed by atoms with Gasteiger partial charge in [-0.1, -0.05) is 0 Å². The van der Waals surface area contributed by atoms with Crippen molar-refractivity contribution in [2.24, 2.45) is 23.7 Å². The molecule has 1 aliphatic heterocycles. The van der Waals surface area contributed by atoms with Crippen LogP contribution in [0.1, 0.15) is 32.1 Å². The zero-order chi connectivity index (χ0) is 11.1. The normalized spacial score (nSPS) is 41.2. The highest BCUT2D eigenvalue weighted by Crippen LogP contribution is 2.54. The van der Waals surface area contributed by atoms with Crippen molar-refractivity contribution >= 4 is 5.91 Å². The molecule has 3 rings (SSSR count). The molecule has 3 fully saturated rings. The number of hydrogen-bond acceptors (Lipinski definition) is 2. The fraction of sp³-hybridized carbons (Fsp3) is 0.923. The fourth-order valence-corrected chi connectivity index (χ4v) is 3.63. The molecule has 3 atom stereocenters. The minimum atomic E-state index is 0.264. The SMILES string of the molecule is O=C(C1CC2CC2C1)N1CCC(CCO)C1. The van der Waals surface area contributed by atoms with E-state index in [-0.39, 0.29) is 6.61 Å². The van der Waals surface area contributed by atoms with Gasteiger partial charge < -0.3 is 10.0 Å². The number of aliphatic hydroxyl groups is 1. The molecule has 0 bridgehead atoms. The van der Waals surface area contributed by atoms with Crippen molar-refractivity contribution in [3.05, 3.63) is 0 Å². The second kappa shape index (κ2) is 4.02. The summed E-state index contributed by atoms with van der Waals surface area (Å²) in [5.41, 5.74) is 0. The van der Waals surface area contributed by atoms with Gasteiger partial charge in [-0.3, -0.25) is 4.79 Å². The summed E-state index contributed by atoms with van der Waals surface area (Å²) in [4.78, 5) is 14.3. The molecule has 2 saturated carbocycles. The molecule has 16 heavy (non-hydrogen) atoms. The zero-order valence-corrected chi connectivity index (χ0v) is 9.77. The molecule has 0 radical (unpaired) electrons. The topological polar surface area (TPSA) is 40.5 Å². The molecule has 3 unspecified atom stereocenters. The number of likely N-dealkylation sites (tertiary alicyclic amines) is 1. The van der Waals surface area contributed by atoms with Crippen LogP contribution < -0.4 is 0 Å². The van der Waals surface area contributed by atoms with E-state index in [1.165, 1.54) is 6.42 Å². The van der Waals surface area contributed by atoms with E-state index in [9.17, 15) is 4.79 Å². The highest BCUT2D eigenvalue weighted by molar-refractivity contribution is 5.79. The number of carbonyl (C=O) groups is 1. The third-order valence-corrected chi connectivity index (χ3v) is 4.73. The van der Waals surface area contributed by atoms with E-state index in [0.29, 0.717) is 17.7 Å². The van der Waals surface area contributed by atoms with Crippen LogP contribution in [0.2, 0.25) is 0 Å². The monoisotopic (exact) mass is 223 g/mol. The molecule has 1 saturated heterocycles. The largest absolute Gasteiger partial charge is 0.396 e. The molecule has 0 aromatic heterocycles. The van der Waals surface area contributed by atoms with E-state index in [0.717, 1.165) is 50.6 Å². The van der Waals surface area contributed by atoms with Crippen molar-refractivity contribution in [2.45, 2.75) is 32.1 Å². The van der Waals surface area contributed by atoms with Gasteiger partial charge in [-0.05, 0) is 49.9 Å². The first-order valence-corrected chi connectivity index (χ1v) is 6.67. The Labute approximate surface area is 96.8 Å². The summed E-state index contributed by atoms with van der Waals surface area (Å²) in [5.74, 6) is 3.09. The Balaban J connectivity index is 1.52. The van der Waals surface area contributed by atoms with Crippen LogP contribution in [0.3, 0.4) is 0 Å². The van der Waals surface area contributed by atoms with Gasteiger partial charge in [-0.25, -0.2) is 0 Å². The summed E-state index contributed by atoms with van der Waals surface area (Å²) in [6, 6.07) is 0. The van der Waals surface area contributed by atoms with Gasteiger partial charge in [0, 0.05) is 25.6 Å². The van der Waals surface area contributed by atoms with Gasteiger partial charge in [-0.15, -0.1) is 0 Å². The Morgan fingerprint density at radius 3 is 2.69 bits per heavy atom. The summed E-state index contributed by atoms with van der Waals surface area (Å²) < 4.78 is 0. The number of fused-ring (bicyclic) bond motifs is 1. The van der Waals surface area contributed by atoms with Gasteiger partial charge in [0.2, 0.25) is 5.91 Å². The van der Waals surface area contributed by atoms with Gasteiger partial charge in [0.1, 0.15) is 0 Å². The molecule has 2 aliphatic carbocycles. The van der Waals surface area contributed by atoms with Crippen LogP contribution >= 0.6 is 0 Å². The third-order valence-electron chi connectivity index (χ3n) is 4.73. The summed E-state index contributed by atoms with van der Waals surface area (Å²) in [6.07, 6.45) is 5.65. The van der Waals surface area contributed by atoms with Gasteiger partial charge in [-0.2, -0.15) is 0 Å². The minimum absolute atomic E-state index is 0.264. The maximum Gasteiger partial charge on any atom is 0.225 e. The molecule has 1 amide bonds. The average Bonchev–Trinajstić information content (AvgIpc) is 2.74. The molecule has 3 nitrogen and oxygen atoms in total. The Bertz CT molecular complexity index is 282. The molecule has 90 valence electrons. The summed E-state index contributed by atoms with van der Waals surface area (Å²) in [6.45, 7) is 2.08. The van der Waals surface area contributed by atoms with Gasteiger partial charge in [0.15, 0.2) is 0 Å². The number of aliphatic hydroxyl groups excluding tert-OH is 1. The Morgan fingerprint density at radius 1 is 1.25 bits per heavy atom. The Kier molecular flexibility index (Phi) is 2.66. The first kappa shape index (κ1) is 10.6. The van der Waals surface area contributed by atoms with E-state index >= 15 is 0 Å². The second-order valence-electron chi connectivity index (χ2n) is 5.88. The van der Waals surface area contributed by atoms with Gasteiger partial charge in [0.25, 0.3) is 0 Å². The lowest BCUT2D eigenvalue weighted by atomic mass is 10.0. The first-order valence-electron chi connectivity index (χ1n) is 6.67. The number of nitrogens with zero attached hydrogens (tertiary/aromatic N) is 1. The number of rotatable bonds is 3. The molecular weight excluding hydrogens is 202 g/mol. The maximum atomic E-state index is 12.2. The minimum Gasteiger partial charge on any atom is -0.396 e. The van der Waals surface area contributed by atoms with Crippen LogP contribution in [-0.2, 0) is 4.79 Å². The molecule has 0 spiro atoms. The first-order chi connectivity index (χ1) is 7.78. The number of carbonyl (C=O) groups excluding carboxylic acids is 1. The van der Waals surface area contributed by atoms with E-state index in [2.05, 4.69) is 4.90 Å². The van der Waals surface area contributed by atoms with Gasteiger partial charge >= 0.3 is 0 Å². The van der Waals surface area contributed by atoms with Crippen molar-refractivity contribution in [1.29, 1.82) is 0 Å². The van der Waals surface area contributed by atoms with Crippen LogP contribution in [0.4, 0.5) is 0 Å². The van der Waals surface area contributed by atoms with E-state index in [1.807, 2.05) is 0 Å². The van der Waals surface area contributed by atoms with Crippen LogP contribution in [0.5, 0.6) is 0 Å². The number of hydrogen-bond donors (Lipinski definition) is 1. The summed E-state index contributed by atoms with van der Waals surface area (Å²) >= 11 is 0. The van der Waals surface area contributed by atoms with Crippen molar-refractivity contribution < 1.29 is 9.90 Å². The Morgan fingerprint density at radius 2 is 2.00 bits per heavy atom. The predicted octanol–water partition coefficient (Wildman–Crippen LogP) is 1.26. The molecule has 0 aromatic rings. The van der Waals surface area contributed by atoms with Crippen molar-refractivity contribution in [1.82, 2.24) is 4.90 Å². The second-order valence-corrected chi connectivity index (χ2v) is 5.88. The molecule has 0 aromatic carbocycles. The maximum absolute atomic E-state index is 12.2. The van der Waals surface area contributed by atoms with Crippen LogP contribution in [0.15, 0.2) is 0 Å². The van der Waals surface area contributed by atoms with Crippen LogP contribution in [0.25, 0.3) is 0 Å². The molecular formula is C13H21NO2. The van der Waals surface area contributed by atoms with Gasteiger partial charge in [0.05, 0.1) is 0 Å². The lowest BCUT2D eigenvalue weighted by Gasteiger charge is -2.21. The zero-order valence-electron chi connectivity index (χ0n) is 9.77. The van der Waals surface area contributed by atoms with Crippen LogP contribution in [-0.4, -0.2) is 35.6 Å². The lowest BCUT2D eigenvalue weighted by molar-refractivity contribution is -0.134. The van der Waals surface area contributed by atoms with Crippen LogP contribution in [0, 0.1) is 23.7 Å². The molecule has 1 heterocycles.